The SMILES string of the molecule is COc1ccc(/C=C(\C#N)C(=O)Nc2ccc(C(=O)O)cc2)c(OC)c1OC. The number of nitriles is 1. The molecule has 0 spiro atoms. The van der Waals surface area contributed by atoms with E-state index in [1.54, 1.807) is 12.1 Å². The number of benzene rings is 2. The second-order valence-electron chi connectivity index (χ2n) is 5.43. The largest absolute Gasteiger partial charge is 0.493 e. The van der Waals surface area contributed by atoms with E-state index in [0.717, 1.165) is 0 Å². The molecule has 1 amide bonds. The summed E-state index contributed by atoms with van der Waals surface area (Å²) in [7, 11) is 4.37. The molecule has 0 fully saturated rings. The van der Waals surface area contributed by atoms with E-state index in [2.05, 4.69) is 5.32 Å². The van der Waals surface area contributed by atoms with Crippen LogP contribution in [-0.4, -0.2) is 38.3 Å². The molecule has 0 bridgehead atoms. The van der Waals surface area contributed by atoms with Crippen LogP contribution in [0.4, 0.5) is 5.69 Å². The lowest BCUT2D eigenvalue weighted by atomic mass is 10.1. The summed E-state index contributed by atoms with van der Waals surface area (Å²) < 4.78 is 15.8. The molecule has 0 atom stereocenters. The Morgan fingerprint density at radius 1 is 1.00 bits per heavy atom. The van der Waals surface area contributed by atoms with Crippen molar-refractivity contribution >= 4 is 23.6 Å². The maximum absolute atomic E-state index is 12.4. The van der Waals surface area contributed by atoms with E-state index < -0.39 is 11.9 Å². The molecule has 2 aromatic rings. The van der Waals surface area contributed by atoms with Crippen LogP contribution in [0.15, 0.2) is 42.0 Å². The van der Waals surface area contributed by atoms with Gasteiger partial charge < -0.3 is 24.6 Å². The molecule has 0 saturated carbocycles. The van der Waals surface area contributed by atoms with Crippen molar-refractivity contribution in [3.8, 4) is 23.3 Å². The Labute approximate surface area is 161 Å². The maximum atomic E-state index is 12.4. The van der Waals surface area contributed by atoms with Crippen molar-refractivity contribution < 1.29 is 28.9 Å². The molecule has 0 unspecified atom stereocenters. The highest BCUT2D eigenvalue weighted by atomic mass is 16.5. The first-order chi connectivity index (χ1) is 13.4. The molecule has 0 heterocycles. The van der Waals surface area contributed by atoms with Gasteiger partial charge in [0.05, 0.1) is 26.9 Å². The molecule has 0 aliphatic heterocycles. The van der Waals surface area contributed by atoms with E-state index in [1.807, 2.05) is 6.07 Å². The van der Waals surface area contributed by atoms with Crippen LogP contribution in [0.5, 0.6) is 17.2 Å². The summed E-state index contributed by atoms with van der Waals surface area (Å²) in [6.07, 6.45) is 1.36. The summed E-state index contributed by atoms with van der Waals surface area (Å²) >= 11 is 0. The van der Waals surface area contributed by atoms with Gasteiger partial charge in [0, 0.05) is 11.3 Å². The van der Waals surface area contributed by atoms with Gasteiger partial charge in [-0.15, -0.1) is 0 Å². The van der Waals surface area contributed by atoms with E-state index >= 15 is 0 Å². The number of aromatic carboxylic acids is 1. The zero-order chi connectivity index (χ0) is 20.7. The monoisotopic (exact) mass is 382 g/mol. The number of carboxylic acids is 1. The average molecular weight is 382 g/mol. The number of nitrogens with one attached hydrogen (secondary N) is 1. The lowest BCUT2D eigenvalue weighted by molar-refractivity contribution is -0.112. The number of hydrogen-bond donors (Lipinski definition) is 2. The van der Waals surface area contributed by atoms with Crippen molar-refractivity contribution in [3.05, 3.63) is 53.1 Å². The standard InChI is InChI=1S/C20H18N2O6/c1-26-16-9-6-13(17(27-2)18(16)28-3)10-14(11-21)19(23)22-15-7-4-12(5-8-15)20(24)25/h4-10H,1-3H3,(H,22,23)(H,24,25)/b14-10+. The summed E-state index contributed by atoms with van der Waals surface area (Å²) in [6.45, 7) is 0. The molecule has 2 rings (SSSR count). The molecule has 144 valence electrons. The molecule has 2 aromatic carbocycles. The lowest BCUT2D eigenvalue weighted by Crippen LogP contribution is -2.13. The summed E-state index contributed by atoms with van der Waals surface area (Å²) in [6, 6.07) is 10.7. The van der Waals surface area contributed by atoms with E-state index in [-0.39, 0.29) is 11.1 Å². The number of amides is 1. The molecule has 8 nitrogen and oxygen atoms in total. The molecule has 0 aliphatic rings. The fourth-order valence-electron chi connectivity index (χ4n) is 2.44. The fraction of sp³-hybridized carbons (Fsp3) is 0.150. The maximum Gasteiger partial charge on any atom is 0.335 e. The van der Waals surface area contributed by atoms with Crippen LogP contribution in [0.3, 0.4) is 0 Å². The molecule has 0 aliphatic carbocycles. The molecule has 28 heavy (non-hydrogen) atoms. The van der Waals surface area contributed by atoms with Crippen molar-refractivity contribution in [2.45, 2.75) is 0 Å². The molecule has 2 N–H and O–H groups in total. The minimum absolute atomic E-state index is 0.0871. The molecular weight excluding hydrogens is 364 g/mol. The van der Waals surface area contributed by atoms with Crippen LogP contribution in [0.1, 0.15) is 15.9 Å². The number of carboxylic acid groups (broad SMARTS) is 1. The van der Waals surface area contributed by atoms with Gasteiger partial charge in [-0.2, -0.15) is 5.26 Å². The summed E-state index contributed by atoms with van der Waals surface area (Å²) in [4.78, 5) is 23.3. The highest BCUT2D eigenvalue weighted by molar-refractivity contribution is 6.10. The quantitative estimate of drug-likeness (QED) is 0.558. The predicted octanol–water partition coefficient (Wildman–Crippen LogP) is 2.96. The van der Waals surface area contributed by atoms with Gasteiger partial charge in [-0.1, -0.05) is 0 Å². The van der Waals surface area contributed by atoms with Crippen LogP contribution >= 0.6 is 0 Å². The van der Waals surface area contributed by atoms with Crippen LogP contribution in [-0.2, 0) is 4.79 Å². The van der Waals surface area contributed by atoms with Crippen molar-refractivity contribution in [1.29, 1.82) is 5.26 Å². The van der Waals surface area contributed by atoms with E-state index in [1.165, 1.54) is 51.7 Å². The number of carbonyl (C=O) groups is 2. The van der Waals surface area contributed by atoms with Crippen molar-refractivity contribution in [1.82, 2.24) is 0 Å². The van der Waals surface area contributed by atoms with Gasteiger partial charge in [0.15, 0.2) is 11.5 Å². The van der Waals surface area contributed by atoms with Crippen LogP contribution < -0.4 is 19.5 Å². The van der Waals surface area contributed by atoms with Gasteiger partial charge >= 0.3 is 5.97 Å². The van der Waals surface area contributed by atoms with Crippen molar-refractivity contribution in [3.63, 3.8) is 0 Å². The molecule has 0 aromatic heterocycles. The number of nitrogens with zero attached hydrogens (tertiary/aromatic N) is 1. The van der Waals surface area contributed by atoms with Gasteiger partial charge in [-0.3, -0.25) is 4.79 Å². The highest BCUT2D eigenvalue weighted by Crippen LogP contribution is 2.40. The van der Waals surface area contributed by atoms with Crippen molar-refractivity contribution in [2.24, 2.45) is 0 Å². The van der Waals surface area contributed by atoms with E-state index in [4.69, 9.17) is 19.3 Å². The Balaban J connectivity index is 2.34. The number of anilines is 1. The van der Waals surface area contributed by atoms with Gasteiger partial charge in [0.25, 0.3) is 5.91 Å². The summed E-state index contributed by atoms with van der Waals surface area (Å²) in [5, 5.41) is 20.8. The van der Waals surface area contributed by atoms with Crippen LogP contribution in [0, 0.1) is 11.3 Å². The van der Waals surface area contributed by atoms with Gasteiger partial charge in [0.2, 0.25) is 5.75 Å². The van der Waals surface area contributed by atoms with E-state index in [9.17, 15) is 14.9 Å². The van der Waals surface area contributed by atoms with Gasteiger partial charge in [-0.25, -0.2) is 4.79 Å². The Morgan fingerprint density at radius 2 is 1.64 bits per heavy atom. The number of carbonyl (C=O) groups excluding carboxylic acids is 1. The van der Waals surface area contributed by atoms with Gasteiger partial charge in [0.1, 0.15) is 11.6 Å². The third-order valence-corrected chi connectivity index (χ3v) is 3.79. The lowest BCUT2D eigenvalue weighted by Gasteiger charge is -2.14. The summed E-state index contributed by atoms with van der Waals surface area (Å²) in [5.74, 6) is -0.634. The zero-order valence-corrected chi connectivity index (χ0v) is 15.5. The smallest absolute Gasteiger partial charge is 0.335 e. The number of hydrogen-bond acceptors (Lipinski definition) is 6. The molecule has 0 saturated heterocycles. The molecular formula is C20H18N2O6. The Kier molecular flexibility index (Phi) is 6.60. The highest BCUT2D eigenvalue weighted by Gasteiger charge is 2.17. The first-order valence-corrected chi connectivity index (χ1v) is 8.00. The first-order valence-electron chi connectivity index (χ1n) is 8.00. The zero-order valence-electron chi connectivity index (χ0n) is 15.5. The Morgan fingerprint density at radius 3 is 2.14 bits per heavy atom. The Bertz CT molecular complexity index is 958. The average Bonchev–Trinajstić information content (AvgIpc) is 2.71. The number of methoxy groups -OCH3 is 3. The fourth-order valence-corrected chi connectivity index (χ4v) is 2.44. The van der Waals surface area contributed by atoms with E-state index in [0.29, 0.717) is 28.5 Å². The first kappa shape index (κ1) is 20.3. The molecule has 8 heteroatoms. The van der Waals surface area contributed by atoms with Gasteiger partial charge in [-0.05, 0) is 42.5 Å². The third-order valence-electron chi connectivity index (χ3n) is 3.79. The summed E-state index contributed by atoms with van der Waals surface area (Å²) in [5.41, 5.74) is 0.723. The molecule has 0 radical (unpaired) electrons. The van der Waals surface area contributed by atoms with Crippen LogP contribution in [0.2, 0.25) is 0 Å². The second-order valence-corrected chi connectivity index (χ2v) is 5.43. The normalized spacial score (nSPS) is 10.6. The third kappa shape index (κ3) is 4.40. The minimum atomic E-state index is -1.07. The number of ether oxygens (including phenoxy) is 3. The number of rotatable bonds is 7. The minimum Gasteiger partial charge on any atom is -0.493 e. The Hall–Kier alpha value is -3.99. The second kappa shape index (κ2) is 9.09. The topological polar surface area (TPSA) is 118 Å². The van der Waals surface area contributed by atoms with Crippen molar-refractivity contribution in [2.75, 3.05) is 26.6 Å². The predicted molar refractivity (Wildman–Crippen MR) is 102 cm³/mol. The van der Waals surface area contributed by atoms with Crippen LogP contribution in [0.25, 0.3) is 6.08 Å².